The van der Waals surface area contributed by atoms with Crippen LogP contribution in [-0.2, 0) is 9.53 Å². The zero-order chi connectivity index (χ0) is 13.6. The van der Waals surface area contributed by atoms with Gasteiger partial charge in [-0.3, -0.25) is 4.79 Å². The number of ether oxygens (including phenoxy) is 1. The maximum atomic E-state index is 11.6. The summed E-state index contributed by atoms with van der Waals surface area (Å²) in [5.41, 5.74) is 5.54. The zero-order valence-corrected chi connectivity index (χ0v) is 12.0. The first-order chi connectivity index (χ1) is 8.39. The van der Waals surface area contributed by atoms with Crippen LogP contribution in [0, 0.1) is 5.41 Å². The lowest BCUT2D eigenvalue weighted by atomic mass is 9.94. The third-order valence-corrected chi connectivity index (χ3v) is 3.36. The minimum absolute atomic E-state index is 0.103. The van der Waals surface area contributed by atoms with Gasteiger partial charge in [-0.15, -0.1) is 0 Å². The first-order valence-corrected chi connectivity index (χ1v) is 7.05. The van der Waals surface area contributed by atoms with Crippen LogP contribution < -0.4 is 11.1 Å². The maximum absolute atomic E-state index is 11.6. The van der Waals surface area contributed by atoms with Crippen LogP contribution in [-0.4, -0.2) is 31.2 Å². The van der Waals surface area contributed by atoms with E-state index in [4.69, 9.17) is 10.5 Å². The average molecular weight is 256 g/mol. The number of amides is 1. The molecule has 0 spiro atoms. The highest BCUT2D eigenvalue weighted by Gasteiger charge is 2.21. The van der Waals surface area contributed by atoms with E-state index in [0.717, 1.165) is 38.7 Å². The summed E-state index contributed by atoms with van der Waals surface area (Å²) in [6, 6.07) is 0.371. The van der Waals surface area contributed by atoms with Gasteiger partial charge in [-0.25, -0.2) is 0 Å². The molecule has 1 amide bonds. The van der Waals surface area contributed by atoms with Crippen molar-refractivity contribution in [3.8, 4) is 0 Å². The van der Waals surface area contributed by atoms with Crippen LogP contribution in [0.3, 0.4) is 0 Å². The Morgan fingerprint density at radius 1 is 1.28 bits per heavy atom. The van der Waals surface area contributed by atoms with E-state index in [0.29, 0.717) is 18.7 Å². The quantitative estimate of drug-likeness (QED) is 0.738. The van der Waals surface area contributed by atoms with Crippen molar-refractivity contribution >= 4 is 5.91 Å². The molecule has 1 fully saturated rings. The summed E-state index contributed by atoms with van der Waals surface area (Å²) in [6.07, 6.45) is 5.56. The van der Waals surface area contributed by atoms with Gasteiger partial charge in [0, 0.05) is 24.6 Å². The number of nitrogens with one attached hydrogen (secondary N) is 1. The van der Waals surface area contributed by atoms with Crippen molar-refractivity contribution < 1.29 is 9.53 Å². The Bertz CT molecular complexity index is 253. The molecule has 0 bridgehead atoms. The molecular formula is C14H28N2O2. The first-order valence-electron chi connectivity index (χ1n) is 7.05. The lowest BCUT2D eigenvalue weighted by Gasteiger charge is -2.26. The van der Waals surface area contributed by atoms with Gasteiger partial charge in [-0.1, -0.05) is 20.8 Å². The van der Waals surface area contributed by atoms with E-state index in [1.54, 1.807) is 0 Å². The number of carbonyl (C=O) groups is 1. The van der Waals surface area contributed by atoms with Crippen molar-refractivity contribution in [2.45, 2.75) is 65.0 Å². The third kappa shape index (κ3) is 5.83. The molecule has 4 heteroatoms. The van der Waals surface area contributed by atoms with E-state index >= 15 is 0 Å². The Labute approximate surface area is 111 Å². The third-order valence-electron chi connectivity index (χ3n) is 3.36. The fourth-order valence-corrected chi connectivity index (χ4v) is 2.04. The van der Waals surface area contributed by atoms with Crippen LogP contribution in [0.15, 0.2) is 0 Å². The van der Waals surface area contributed by atoms with Crippen LogP contribution in [0.25, 0.3) is 0 Å². The molecule has 4 nitrogen and oxygen atoms in total. The molecule has 0 saturated heterocycles. The van der Waals surface area contributed by atoms with Gasteiger partial charge in [0.2, 0.25) is 5.91 Å². The Kier molecular flexibility index (Phi) is 6.09. The lowest BCUT2D eigenvalue weighted by molar-refractivity contribution is -0.128. The normalized spacial score (nSPS) is 24.9. The molecule has 1 rings (SSSR count). The van der Waals surface area contributed by atoms with Crippen LogP contribution in [0.5, 0.6) is 0 Å². The summed E-state index contributed by atoms with van der Waals surface area (Å²) < 4.78 is 5.79. The molecule has 1 aliphatic carbocycles. The van der Waals surface area contributed by atoms with E-state index in [1.807, 2.05) is 20.8 Å². The Morgan fingerprint density at radius 2 is 1.89 bits per heavy atom. The summed E-state index contributed by atoms with van der Waals surface area (Å²) in [6.45, 7) is 7.19. The summed E-state index contributed by atoms with van der Waals surface area (Å²) in [5.74, 6) is 0.103. The fourth-order valence-electron chi connectivity index (χ4n) is 2.04. The Morgan fingerprint density at radius 3 is 2.44 bits per heavy atom. The SMILES string of the molecule is CC(C)(C)C(=O)NCCCOC1CCC(N)CC1. The highest BCUT2D eigenvalue weighted by atomic mass is 16.5. The van der Waals surface area contributed by atoms with Gasteiger partial charge < -0.3 is 15.8 Å². The van der Waals surface area contributed by atoms with Gasteiger partial charge >= 0.3 is 0 Å². The molecule has 3 N–H and O–H groups in total. The van der Waals surface area contributed by atoms with Crippen LogP contribution >= 0.6 is 0 Å². The summed E-state index contributed by atoms with van der Waals surface area (Å²) in [7, 11) is 0. The summed E-state index contributed by atoms with van der Waals surface area (Å²) >= 11 is 0. The van der Waals surface area contributed by atoms with Gasteiger partial charge in [0.25, 0.3) is 0 Å². The minimum atomic E-state index is -0.305. The van der Waals surface area contributed by atoms with Crippen LogP contribution in [0.1, 0.15) is 52.9 Å². The molecule has 0 unspecified atom stereocenters. The number of hydrogen-bond acceptors (Lipinski definition) is 3. The standard InChI is InChI=1S/C14H28N2O2/c1-14(2,3)13(17)16-9-4-10-18-12-7-5-11(15)6-8-12/h11-12H,4-10,15H2,1-3H3,(H,16,17). The fraction of sp³-hybridized carbons (Fsp3) is 0.929. The van der Waals surface area contributed by atoms with Gasteiger partial charge in [-0.2, -0.15) is 0 Å². The number of hydrogen-bond donors (Lipinski definition) is 2. The minimum Gasteiger partial charge on any atom is -0.378 e. The second-order valence-corrected chi connectivity index (χ2v) is 6.27. The van der Waals surface area contributed by atoms with Crippen molar-refractivity contribution in [1.82, 2.24) is 5.32 Å². The molecule has 0 atom stereocenters. The second kappa shape index (κ2) is 7.10. The summed E-state index contributed by atoms with van der Waals surface area (Å²) in [4.78, 5) is 11.6. The predicted molar refractivity (Wildman–Crippen MR) is 73.3 cm³/mol. The summed E-state index contributed by atoms with van der Waals surface area (Å²) in [5, 5.41) is 2.93. The molecular weight excluding hydrogens is 228 g/mol. The largest absolute Gasteiger partial charge is 0.378 e. The van der Waals surface area contributed by atoms with Crippen molar-refractivity contribution in [3.63, 3.8) is 0 Å². The van der Waals surface area contributed by atoms with Crippen molar-refractivity contribution in [3.05, 3.63) is 0 Å². The average Bonchev–Trinajstić information content (AvgIpc) is 2.29. The lowest BCUT2D eigenvalue weighted by Crippen LogP contribution is -2.36. The van der Waals surface area contributed by atoms with Gasteiger partial charge in [0.1, 0.15) is 0 Å². The van der Waals surface area contributed by atoms with Gasteiger partial charge in [-0.05, 0) is 32.1 Å². The molecule has 0 aliphatic heterocycles. The number of carbonyl (C=O) groups excluding carboxylic acids is 1. The first kappa shape index (κ1) is 15.4. The molecule has 106 valence electrons. The molecule has 0 aromatic rings. The van der Waals surface area contributed by atoms with E-state index < -0.39 is 0 Å². The van der Waals surface area contributed by atoms with Crippen molar-refractivity contribution in [2.75, 3.05) is 13.2 Å². The van der Waals surface area contributed by atoms with E-state index in [9.17, 15) is 4.79 Å². The smallest absolute Gasteiger partial charge is 0.225 e. The van der Waals surface area contributed by atoms with Crippen molar-refractivity contribution in [1.29, 1.82) is 0 Å². The van der Waals surface area contributed by atoms with E-state index in [1.165, 1.54) is 0 Å². The van der Waals surface area contributed by atoms with E-state index in [2.05, 4.69) is 5.32 Å². The predicted octanol–water partition coefficient (Wildman–Crippen LogP) is 1.83. The van der Waals surface area contributed by atoms with E-state index in [-0.39, 0.29) is 11.3 Å². The highest BCUT2D eigenvalue weighted by molar-refractivity contribution is 5.81. The van der Waals surface area contributed by atoms with Crippen LogP contribution in [0.2, 0.25) is 0 Å². The highest BCUT2D eigenvalue weighted by Crippen LogP contribution is 2.19. The molecule has 0 heterocycles. The van der Waals surface area contributed by atoms with Gasteiger partial charge in [0.15, 0.2) is 0 Å². The topological polar surface area (TPSA) is 64.3 Å². The van der Waals surface area contributed by atoms with Gasteiger partial charge in [0.05, 0.1) is 6.10 Å². The number of nitrogens with two attached hydrogens (primary N) is 1. The Hall–Kier alpha value is -0.610. The zero-order valence-electron chi connectivity index (χ0n) is 12.0. The number of rotatable bonds is 5. The molecule has 1 aliphatic rings. The second-order valence-electron chi connectivity index (χ2n) is 6.27. The monoisotopic (exact) mass is 256 g/mol. The molecule has 0 aromatic heterocycles. The van der Waals surface area contributed by atoms with Crippen molar-refractivity contribution in [2.24, 2.45) is 11.1 Å². The molecule has 1 saturated carbocycles. The Balaban J connectivity index is 2.01. The molecule has 0 radical (unpaired) electrons. The molecule has 0 aromatic carbocycles. The molecule has 18 heavy (non-hydrogen) atoms. The maximum Gasteiger partial charge on any atom is 0.225 e. The van der Waals surface area contributed by atoms with Crippen LogP contribution in [0.4, 0.5) is 0 Å².